The van der Waals surface area contributed by atoms with E-state index >= 15 is 0 Å². The molecule has 23 heavy (non-hydrogen) atoms. The lowest BCUT2D eigenvalue weighted by Gasteiger charge is -2.12. The number of hydrogen-bond acceptors (Lipinski definition) is 6. The highest BCUT2D eigenvalue weighted by Gasteiger charge is 2.13. The maximum atomic E-state index is 12.1. The Morgan fingerprint density at radius 2 is 2.17 bits per heavy atom. The molecule has 0 radical (unpaired) electrons. The molecule has 2 aromatic heterocycles. The van der Waals surface area contributed by atoms with E-state index in [1.807, 2.05) is 19.9 Å². The summed E-state index contributed by atoms with van der Waals surface area (Å²) in [5.41, 5.74) is 1.04. The molecule has 7 nitrogen and oxygen atoms in total. The van der Waals surface area contributed by atoms with Crippen LogP contribution in [0.25, 0.3) is 0 Å². The summed E-state index contributed by atoms with van der Waals surface area (Å²) in [6.07, 6.45) is 1.64. The van der Waals surface area contributed by atoms with Gasteiger partial charge in [-0.2, -0.15) is 0 Å². The van der Waals surface area contributed by atoms with Gasteiger partial charge in [-0.25, -0.2) is 9.97 Å². The van der Waals surface area contributed by atoms with Crippen LogP contribution in [0.3, 0.4) is 0 Å². The number of hydrogen-bond donors (Lipinski definition) is 2. The van der Waals surface area contributed by atoms with E-state index in [1.54, 1.807) is 17.6 Å². The maximum Gasteiger partial charge on any atom is 0.271 e. The maximum absolute atomic E-state index is 12.1. The molecule has 0 saturated heterocycles. The van der Waals surface area contributed by atoms with Crippen molar-refractivity contribution in [1.29, 1.82) is 0 Å². The van der Waals surface area contributed by atoms with Gasteiger partial charge in [0.1, 0.15) is 5.69 Å². The van der Waals surface area contributed by atoms with Crippen LogP contribution in [0, 0.1) is 0 Å². The van der Waals surface area contributed by atoms with Gasteiger partial charge in [0, 0.05) is 30.6 Å². The van der Waals surface area contributed by atoms with Crippen molar-refractivity contribution in [3.8, 4) is 5.88 Å². The molecule has 0 aliphatic heterocycles. The normalized spacial score (nSPS) is 10.4. The van der Waals surface area contributed by atoms with Gasteiger partial charge in [-0.05, 0) is 19.9 Å². The van der Waals surface area contributed by atoms with Crippen LogP contribution in [-0.2, 0) is 11.3 Å². The Balaban J connectivity index is 1.99. The number of nitrogens with zero attached hydrogens (tertiary/aromatic N) is 2. The molecule has 2 aromatic rings. The molecule has 8 heteroatoms. The molecule has 2 amide bonds. The van der Waals surface area contributed by atoms with Gasteiger partial charge in [0.25, 0.3) is 5.91 Å². The zero-order valence-electron chi connectivity index (χ0n) is 13.1. The summed E-state index contributed by atoms with van der Waals surface area (Å²) in [6, 6.07) is 3.63. The lowest BCUT2D eigenvalue weighted by Crippen LogP contribution is -2.24. The van der Waals surface area contributed by atoms with Gasteiger partial charge in [0.05, 0.1) is 6.10 Å². The number of carbonyl (C=O) groups excluding carboxylic acids is 2. The first-order chi connectivity index (χ1) is 11.0. The zero-order valence-corrected chi connectivity index (χ0v) is 13.9. The molecule has 0 aromatic carbocycles. The quantitative estimate of drug-likeness (QED) is 0.845. The fourth-order valence-electron chi connectivity index (χ4n) is 1.74. The second-order valence-corrected chi connectivity index (χ2v) is 5.89. The molecule has 0 aliphatic carbocycles. The summed E-state index contributed by atoms with van der Waals surface area (Å²) in [5.74, 6) is -0.0469. The summed E-state index contributed by atoms with van der Waals surface area (Å²) < 4.78 is 5.61. The van der Waals surface area contributed by atoms with Crippen molar-refractivity contribution in [2.75, 3.05) is 5.32 Å². The number of carbonyl (C=O) groups is 2. The van der Waals surface area contributed by atoms with Gasteiger partial charge < -0.3 is 15.4 Å². The van der Waals surface area contributed by atoms with E-state index in [9.17, 15) is 9.59 Å². The number of rotatable bonds is 6. The predicted molar refractivity (Wildman–Crippen MR) is 87.6 cm³/mol. The van der Waals surface area contributed by atoms with Crippen LogP contribution in [0.4, 0.5) is 5.13 Å². The summed E-state index contributed by atoms with van der Waals surface area (Å²) in [5, 5.41) is 7.30. The van der Waals surface area contributed by atoms with E-state index in [-0.39, 0.29) is 30.2 Å². The first-order valence-corrected chi connectivity index (χ1v) is 7.95. The lowest BCUT2D eigenvalue weighted by molar-refractivity contribution is -0.114. The minimum Gasteiger partial charge on any atom is -0.475 e. The number of anilines is 1. The Hall–Kier alpha value is -2.48. The summed E-state index contributed by atoms with van der Waals surface area (Å²) in [7, 11) is 0. The largest absolute Gasteiger partial charge is 0.475 e. The highest BCUT2D eigenvalue weighted by molar-refractivity contribution is 7.14. The van der Waals surface area contributed by atoms with Crippen molar-refractivity contribution in [3.05, 3.63) is 35.0 Å². The number of nitrogens with one attached hydrogen (secondary N) is 2. The molecule has 0 atom stereocenters. The Kier molecular flexibility index (Phi) is 5.64. The molecule has 2 heterocycles. The van der Waals surface area contributed by atoms with Gasteiger partial charge >= 0.3 is 0 Å². The predicted octanol–water partition coefficient (Wildman–Crippen LogP) is 2.21. The number of aromatic nitrogens is 2. The van der Waals surface area contributed by atoms with Gasteiger partial charge in [-0.1, -0.05) is 6.07 Å². The Bertz CT molecular complexity index is 700. The first-order valence-electron chi connectivity index (χ1n) is 7.07. The van der Waals surface area contributed by atoms with Gasteiger partial charge in [-0.3, -0.25) is 9.59 Å². The molecule has 0 fully saturated rings. The fourth-order valence-corrected chi connectivity index (χ4v) is 2.48. The Morgan fingerprint density at radius 3 is 2.87 bits per heavy atom. The van der Waals surface area contributed by atoms with Gasteiger partial charge in [-0.15, -0.1) is 11.3 Å². The second kappa shape index (κ2) is 7.68. The van der Waals surface area contributed by atoms with E-state index in [1.165, 1.54) is 18.3 Å². The van der Waals surface area contributed by atoms with Gasteiger partial charge in [0.2, 0.25) is 11.8 Å². The minimum atomic E-state index is -0.322. The van der Waals surface area contributed by atoms with Crippen LogP contribution in [0.15, 0.2) is 23.7 Å². The number of ether oxygens (including phenoxy) is 1. The molecule has 2 rings (SSSR count). The summed E-state index contributed by atoms with van der Waals surface area (Å²) in [4.78, 5) is 31.3. The molecule has 0 bridgehead atoms. The third-order valence-electron chi connectivity index (χ3n) is 2.66. The molecular formula is C15H18N4O3S. The van der Waals surface area contributed by atoms with Gasteiger partial charge in [0.15, 0.2) is 5.13 Å². The standard InChI is InChI=1S/C15H18N4O3S/c1-9(2)22-14-11(5-4-6-16-14)7-17-13(21)12-8-23-15(19-12)18-10(3)20/h4-6,8-9H,7H2,1-3H3,(H,17,21)(H,18,19,20). The molecule has 0 aliphatic rings. The molecule has 2 N–H and O–H groups in total. The van der Waals surface area contributed by atoms with Crippen molar-refractivity contribution in [3.63, 3.8) is 0 Å². The molecule has 0 unspecified atom stereocenters. The van der Waals surface area contributed by atoms with Crippen molar-refractivity contribution < 1.29 is 14.3 Å². The van der Waals surface area contributed by atoms with Crippen LogP contribution in [-0.4, -0.2) is 27.9 Å². The zero-order chi connectivity index (χ0) is 16.8. The van der Waals surface area contributed by atoms with E-state index in [0.29, 0.717) is 11.0 Å². The smallest absolute Gasteiger partial charge is 0.271 e. The van der Waals surface area contributed by atoms with Crippen LogP contribution in [0.2, 0.25) is 0 Å². The number of amides is 2. The van der Waals surface area contributed by atoms with Crippen LogP contribution in [0.1, 0.15) is 36.8 Å². The van der Waals surface area contributed by atoms with Crippen LogP contribution >= 0.6 is 11.3 Å². The van der Waals surface area contributed by atoms with Crippen molar-refractivity contribution in [1.82, 2.24) is 15.3 Å². The van der Waals surface area contributed by atoms with E-state index in [4.69, 9.17) is 4.74 Å². The molecular weight excluding hydrogens is 316 g/mol. The molecule has 0 saturated carbocycles. The average molecular weight is 334 g/mol. The lowest BCUT2D eigenvalue weighted by atomic mass is 10.2. The van der Waals surface area contributed by atoms with Crippen molar-refractivity contribution in [2.45, 2.75) is 33.4 Å². The van der Waals surface area contributed by atoms with E-state index in [2.05, 4.69) is 20.6 Å². The fraction of sp³-hybridized carbons (Fsp3) is 0.333. The molecule has 0 spiro atoms. The topological polar surface area (TPSA) is 93.2 Å². The highest BCUT2D eigenvalue weighted by Crippen LogP contribution is 2.17. The van der Waals surface area contributed by atoms with E-state index in [0.717, 1.165) is 5.56 Å². The van der Waals surface area contributed by atoms with Crippen LogP contribution in [0.5, 0.6) is 5.88 Å². The number of thiazole rings is 1. The SMILES string of the molecule is CC(=O)Nc1nc(C(=O)NCc2cccnc2OC(C)C)cs1. The minimum absolute atomic E-state index is 0.00175. The number of pyridine rings is 1. The third kappa shape index (κ3) is 5.03. The van der Waals surface area contributed by atoms with Crippen LogP contribution < -0.4 is 15.4 Å². The first kappa shape index (κ1) is 16.9. The molecule has 122 valence electrons. The highest BCUT2D eigenvalue weighted by atomic mass is 32.1. The Morgan fingerprint density at radius 1 is 1.39 bits per heavy atom. The average Bonchev–Trinajstić information content (AvgIpc) is 2.93. The summed E-state index contributed by atoms with van der Waals surface area (Å²) >= 11 is 1.20. The van der Waals surface area contributed by atoms with Crippen molar-refractivity contribution >= 4 is 28.3 Å². The van der Waals surface area contributed by atoms with Crippen molar-refractivity contribution in [2.24, 2.45) is 0 Å². The second-order valence-electron chi connectivity index (χ2n) is 5.04. The Labute approximate surface area is 138 Å². The van der Waals surface area contributed by atoms with E-state index < -0.39 is 0 Å². The third-order valence-corrected chi connectivity index (χ3v) is 3.41. The summed E-state index contributed by atoms with van der Waals surface area (Å²) in [6.45, 7) is 5.49. The monoisotopic (exact) mass is 334 g/mol.